The van der Waals surface area contributed by atoms with Crippen LogP contribution in [0.5, 0.6) is 0 Å². The van der Waals surface area contributed by atoms with E-state index in [1.54, 1.807) is 29.1 Å². The molecule has 0 amide bonds. The number of halogens is 1. The summed E-state index contributed by atoms with van der Waals surface area (Å²) in [6.07, 6.45) is 2.83. The third kappa shape index (κ3) is 3.83. The van der Waals surface area contributed by atoms with E-state index in [9.17, 15) is 9.50 Å². The van der Waals surface area contributed by atoms with Gasteiger partial charge in [0.1, 0.15) is 5.82 Å². The second-order valence-corrected chi connectivity index (χ2v) is 5.30. The minimum Gasteiger partial charge on any atom is -0.387 e. The van der Waals surface area contributed by atoms with Gasteiger partial charge in [0.25, 0.3) is 0 Å². The summed E-state index contributed by atoms with van der Waals surface area (Å²) in [5.74, 6) is -0.390. The second kappa shape index (κ2) is 7.17. The van der Waals surface area contributed by atoms with E-state index < -0.39 is 11.9 Å². The van der Waals surface area contributed by atoms with Gasteiger partial charge >= 0.3 is 0 Å². The number of para-hydroxylation sites is 1. The van der Waals surface area contributed by atoms with Crippen molar-refractivity contribution in [2.75, 3.05) is 6.54 Å². The SMILES string of the molecule is OC(CNCc1cnn(-c2ccccc2)c1)c1ccccc1F. The Balaban J connectivity index is 1.55. The van der Waals surface area contributed by atoms with Gasteiger partial charge in [-0.05, 0) is 18.2 Å². The van der Waals surface area contributed by atoms with E-state index in [-0.39, 0.29) is 6.54 Å². The Morgan fingerprint density at radius 2 is 1.83 bits per heavy atom. The van der Waals surface area contributed by atoms with E-state index in [2.05, 4.69) is 10.4 Å². The number of aliphatic hydroxyl groups excluding tert-OH is 1. The van der Waals surface area contributed by atoms with Gasteiger partial charge in [0.15, 0.2) is 0 Å². The fraction of sp³-hybridized carbons (Fsp3) is 0.167. The average molecular weight is 311 g/mol. The van der Waals surface area contributed by atoms with Crippen LogP contribution < -0.4 is 5.32 Å². The summed E-state index contributed by atoms with van der Waals surface area (Å²) in [5, 5.41) is 17.5. The van der Waals surface area contributed by atoms with E-state index >= 15 is 0 Å². The molecule has 4 nitrogen and oxygen atoms in total. The Morgan fingerprint density at radius 3 is 2.61 bits per heavy atom. The van der Waals surface area contributed by atoms with Crippen LogP contribution in [0.25, 0.3) is 5.69 Å². The van der Waals surface area contributed by atoms with Gasteiger partial charge in [-0.3, -0.25) is 0 Å². The van der Waals surface area contributed by atoms with Crippen molar-refractivity contribution in [1.29, 1.82) is 0 Å². The van der Waals surface area contributed by atoms with Gasteiger partial charge in [-0.25, -0.2) is 9.07 Å². The lowest BCUT2D eigenvalue weighted by Crippen LogP contribution is -2.21. The molecule has 0 spiro atoms. The molecule has 0 aliphatic carbocycles. The molecule has 5 heteroatoms. The second-order valence-electron chi connectivity index (χ2n) is 5.30. The van der Waals surface area contributed by atoms with Crippen molar-refractivity contribution in [3.05, 3.63) is 83.9 Å². The summed E-state index contributed by atoms with van der Waals surface area (Å²) in [7, 11) is 0. The van der Waals surface area contributed by atoms with Crippen LogP contribution in [-0.2, 0) is 6.54 Å². The van der Waals surface area contributed by atoms with Crippen LogP contribution in [0.4, 0.5) is 4.39 Å². The molecule has 118 valence electrons. The van der Waals surface area contributed by atoms with E-state index in [0.29, 0.717) is 12.1 Å². The maximum Gasteiger partial charge on any atom is 0.129 e. The smallest absolute Gasteiger partial charge is 0.129 e. The van der Waals surface area contributed by atoms with Crippen molar-refractivity contribution >= 4 is 0 Å². The van der Waals surface area contributed by atoms with Gasteiger partial charge in [0.2, 0.25) is 0 Å². The van der Waals surface area contributed by atoms with E-state index in [1.165, 1.54) is 6.07 Å². The Hall–Kier alpha value is -2.50. The number of aliphatic hydroxyl groups is 1. The predicted molar refractivity (Wildman–Crippen MR) is 86.6 cm³/mol. The molecule has 1 unspecified atom stereocenters. The number of hydrogen-bond donors (Lipinski definition) is 2. The molecule has 2 aromatic carbocycles. The van der Waals surface area contributed by atoms with Crippen LogP contribution in [0.2, 0.25) is 0 Å². The average Bonchev–Trinajstić information content (AvgIpc) is 3.05. The zero-order chi connectivity index (χ0) is 16.1. The molecule has 0 saturated carbocycles. The van der Waals surface area contributed by atoms with Crippen LogP contribution in [0.3, 0.4) is 0 Å². The molecule has 1 heterocycles. The van der Waals surface area contributed by atoms with Gasteiger partial charge in [0, 0.05) is 30.4 Å². The molecule has 23 heavy (non-hydrogen) atoms. The first-order valence-corrected chi connectivity index (χ1v) is 7.46. The summed E-state index contributed by atoms with van der Waals surface area (Å²) in [6.45, 7) is 0.829. The maximum atomic E-state index is 13.6. The number of benzene rings is 2. The van der Waals surface area contributed by atoms with Crippen LogP contribution in [-0.4, -0.2) is 21.4 Å². The predicted octanol–water partition coefficient (Wildman–Crippen LogP) is 2.83. The minimum absolute atomic E-state index is 0.275. The van der Waals surface area contributed by atoms with Crippen molar-refractivity contribution in [1.82, 2.24) is 15.1 Å². The quantitative estimate of drug-likeness (QED) is 0.736. The number of rotatable bonds is 6. The summed E-state index contributed by atoms with van der Waals surface area (Å²) < 4.78 is 15.4. The lowest BCUT2D eigenvalue weighted by Gasteiger charge is -2.12. The summed E-state index contributed by atoms with van der Waals surface area (Å²) in [4.78, 5) is 0. The number of hydrogen-bond acceptors (Lipinski definition) is 3. The molecule has 2 N–H and O–H groups in total. The van der Waals surface area contributed by atoms with Gasteiger partial charge in [-0.15, -0.1) is 0 Å². The van der Waals surface area contributed by atoms with Crippen LogP contribution in [0, 0.1) is 5.82 Å². The zero-order valence-corrected chi connectivity index (χ0v) is 12.6. The molecule has 0 saturated heterocycles. The molecule has 0 fully saturated rings. The molecule has 1 aromatic heterocycles. The van der Waals surface area contributed by atoms with E-state index in [4.69, 9.17) is 0 Å². The molecule has 1 atom stereocenters. The normalized spacial score (nSPS) is 12.3. The Morgan fingerprint density at radius 1 is 1.09 bits per heavy atom. The van der Waals surface area contributed by atoms with Gasteiger partial charge in [-0.1, -0.05) is 36.4 Å². The summed E-state index contributed by atoms with van der Waals surface area (Å²) >= 11 is 0. The lowest BCUT2D eigenvalue weighted by molar-refractivity contribution is 0.169. The highest BCUT2D eigenvalue weighted by molar-refractivity contribution is 5.30. The van der Waals surface area contributed by atoms with Gasteiger partial charge in [0.05, 0.1) is 18.0 Å². The molecule has 0 bridgehead atoms. The van der Waals surface area contributed by atoms with Gasteiger partial charge in [-0.2, -0.15) is 5.10 Å². The first-order chi connectivity index (χ1) is 11.2. The van der Waals surface area contributed by atoms with Crippen molar-refractivity contribution in [3.63, 3.8) is 0 Å². The fourth-order valence-corrected chi connectivity index (χ4v) is 2.38. The summed E-state index contributed by atoms with van der Waals surface area (Å²) in [5.41, 5.74) is 2.29. The third-order valence-electron chi connectivity index (χ3n) is 3.59. The van der Waals surface area contributed by atoms with E-state index in [1.807, 2.05) is 36.5 Å². The van der Waals surface area contributed by atoms with Crippen LogP contribution in [0.15, 0.2) is 67.0 Å². The Labute approximate surface area is 134 Å². The highest BCUT2D eigenvalue weighted by Crippen LogP contribution is 2.15. The van der Waals surface area contributed by atoms with Crippen LogP contribution in [0.1, 0.15) is 17.2 Å². The standard InChI is InChI=1S/C18H18FN3O/c19-17-9-5-4-8-16(17)18(23)12-20-10-14-11-21-22(13-14)15-6-2-1-3-7-15/h1-9,11,13,18,20,23H,10,12H2. The van der Waals surface area contributed by atoms with Crippen molar-refractivity contribution < 1.29 is 9.50 Å². The maximum absolute atomic E-state index is 13.6. The first-order valence-electron chi connectivity index (χ1n) is 7.46. The monoisotopic (exact) mass is 311 g/mol. The number of nitrogens with zero attached hydrogens (tertiary/aromatic N) is 2. The third-order valence-corrected chi connectivity index (χ3v) is 3.59. The molecular weight excluding hydrogens is 293 g/mol. The Bertz CT molecular complexity index is 758. The molecule has 0 aliphatic heterocycles. The fourth-order valence-electron chi connectivity index (χ4n) is 2.38. The highest BCUT2D eigenvalue weighted by Gasteiger charge is 2.11. The topological polar surface area (TPSA) is 50.1 Å². The number of nitrogens with one attached hydrogen (secondary N) is 1. The molecular formula is C18H18FN3O. The first kappa shape index (κ1) is 15.4. The minimum atomic E-state index is -0.875. The van der Waals surface area contributed by atoms with Crippen molar-refractivity contribution in [2.24, 2.45) is 0 Å². The largest absolute Gasteiger partial charge is 0.387 e. The molecule has 0 aliphatic rings. The van der Waals surface area contributed by atoms with Crippen molar-refractivity contribution in [2.45, 2.75) is 12.6 Å². The highest BCUT2D eigenvalue weighted by atomic mass is 19.1. The van der Waals surface area contributed by atoms with Crippen molar-refractivity contribution in [3.8, 4) is 5.69 Å². The molecule has 0 radical (unpaired) electrons. The Kier molecular flexibility index (Phi) is 4.80. The molecule has 3 rings (SSSR count). The zero-order valence-electron chi connectivity index (χ0n) is 12.6. The number of aromatic nitrogens is 2. The van der Waals surface area contributed by atoms with Crippen LogP contribution >= 0.6 is 0 Å². The summed E-state index contributed by atoms with van der Waals surface area (Å²) in [6, 6.07) is 16.1. The van der Waals surface area contributed by atoms with E-state index in [0.717, 1.165) is 11.3 Å². The molecule has 3 aromatic rings. The lowest BCUT2D eigenvalue weighted by atomic mass is 10.1. The van der Waals surface area contributed by atoms with Gasteiger partial charge < -0.3 is 10.4 Å².